The molecular weight excluding hydrogens is 224 g/mol. The van der Waals surface area contributed by atoms with Crippen LogP contribution in [-0.2, 0) is 19.3 Å². The normalized spacial score (nSPS) is 15.6. The second-order valence-corrected chi connectivity index (χ2v) is 4.87. The summed E-state index contributed by atoms with van der Waals surface area (Å²) in [7, 11) is 1.96. The van der Waals surface area contributed by atoms with Crippen molar-refractivity contribution in [1.82, 2.24) is 20.5 Å². The molecule has 94 valence electrons. The first-order valence-electron chi connectivity index (χ1n) is 6.50. The van der Waals surface area contributed by atoms with E-state index in [9.17, 15) is 0 Å². The van der Waals surface area contributed by atoms with E-state index in [4.69, 9.17) is 0 Å². The van der Waals surface area contributed by atoms with E-state index in [1.54, 1.807) is 6.33 Å². The first-order chi connectivity index (χ1) is 8.86. The van der Waals surface area contributed by atoms with E-state index in [2.05, 4.69) is 38.7 Å². The zero-order valence-corrected chi connectivity index (χ0v) is 10.6. The minimum atomic E-state index is 0.201. The molecule has 0 saturated heterocycles. The largest absolute Gasteiger partial charge is 0.310 e. The summed E-state index contributed by atoms with van der Waals surface area (Å²) in [4.78, 5) is 4.23. The van der Waals surface area contributed by atoms with Crippen LogP contribution in [-0.4, -0.2) is 22.2 Å². The SMILES string of the molecule is CNC(Cc1ccc2c(c1)CCC2)c1ncn[nH]1. The van der Waals surface area contributed by atoms with Crippen molar-refractivity contribution >= 4 is 0 Å². The Labute approximate surface area is 107 Å². The van der Waals surface area contributed by atoms with Gasteiger partial charge >= 0.3 is 0 Å². The van der Waals surface area contributed by atoms with Gasteiger partial charge in [0, 0.05) is 0 Å². The van der Waals surface area contributed by atoms with E-state index in [1.807, 2.05) is 7.05 Å². The molecule has 18 heavy (non-hydrogen) atoms. The molecule has 1 unspecified atom stereocenters. The first-order valence-corrected chi connectivity index (χ1v) is 6.50. The average molecular weight is 242 g/mol. The van der Waals surface area contributed by atoms with Gasteiger partial charge in [0.05, 0.1) is 6.04 Å². The van der Waals surface area contributed by atoms with Crippen LogP contribution in [0.1, 0.15) is 35.0 Å². The van der Waals surface area contributed by atoms with Crippen LogP contribution < -0.4 is 5.32 Å². The highest BCUT2D eigenvalue weighted by atomic mass is 15.2. The average Bonchev–Trinajstić information content (AvgIpc) is 3.06. The van der Waals surface area contributed by atoms with Crippen molar-refractivity contribution in [2.45, 2.75) is 31.7 Å². The lowest BCUT2D eigenvalue weighted by molar-refractivity contribution is 0.559. The Bertz CT molecular complexity index is 519. The second-order valence-electron chi connectivity index (χ2n) is 4.87. The van der Waals surface area contributed by atoms with E-state index >= 15 is 0 Å². The third-order valence-corrected chi connectivity index (χ3v) is 3.71. The number of hydrogen-bond donors (Lipinski definition) is 2. The Balaban J connectivity index is 1.79. The summed E-state index contributed by atoms with van der Waals surface area (Å²) in [6.07, 6.45) is 6.28. The standard InChI is InChI=1S/C14H18N4/c1-15-13(14-16-9-17-18-14)8-10-5-6-11-3-2-4-12(11)7-10/h5-7,9,13,15H,2-4,8H2,1H3,(H,16,17,18). The molecule has 4 heteroatoms. The van der Waals surface area contributed by atoms with Gasteiger partial charge in [-0.1, -0.05) is 18.2 Å². The number of aromatic nitrogens is 3. The number of aromatic amines is 1. The summed E-state index contributed by atoms with van der Waals surface area (Å²) in [5.41, 5.74) is 4.42. The molecule has 2 N–H and O–H groups in total. The van der Waals surface area contributed by atoms with Crippen molar-refractivity contribution in [3.63, 3.8) is 0 Å². The number of hydrogen-bond acceptors (Lipinski definition) is 3. The molecule has 0 bridgehead atoms. The third kappa shape index (κ3) is 2.16. The fourth-order valence-electron chi connectivity index (χ4n) is 2.71. The van der Waals surface area contributed by atoms with Crippen LogP contribution in [0.3, 0.4) is 0 Å². The molecule has 1 aliphatic carbocycles. The summed E-state index contributed by atoms with van der Waals surface area (Å²) in [5, 5.41) is 10.1. The summed E-state index contributed by atoms with van der Waals surface area (Å²) in [6, 6.07) is 7.07. The summed E-state index contributed by atoms with van der Waals surface area (Å²) in [5.74, 6) is 0.901. The zero-order chi connectivity index (χ0) is 12.4. The summed E-state index contributed by atoms with van der Waals surface area (Å²) in [6.45, 7) is 0. The molecule has 0 radical (unpaired) electrons. The fraction of sp³-hybridized carbons (Fsp3) is 0.429. The van der Waals surface area contributed by atoms with Crippen LogP contribution in [0.4, 0.5) is 0 Å². The number of rotatable bonds is 4. The smallest absolute Gasteiger partial charge is 0.141 e. The molecule has 1 aromatic heterocycles. The molecule has 2 aromatic rings. The molecule has 0 amide bonds. The van der Waals surface area contributed by atoms with Crippen LogP contribution in [0, 0.1) is 0 Å². The molecule has 1 heterocycles. The molecular formula is C14H18N4. The van der Waals surface area contributed by atoms with E-state index in [-0.39, 0.29) is 6.04 Å². The Kier molecular flexibility index (Phi) is 3.11. The van der Waals surface area contributed by atoms with E-state index < -0.39 is 0 Å². The van der Waals surface area contributed by atoms with Crippen LogP contribution in [0.25, 0.3) is 0 Å². The van der Waals surface area contributed by atoms with Gasteiger partial charge in [-0.25, -0.2) is 4.98 Å². The second kappa shape index (κ2) is 4.90. The van der Waals surface area contributed by atoms with Crippen LogP contribution in [0.5, 0.6) is 0 Å². The Morgan fingerprint density at radius 1 is 1.33 bits per heavy atom. The van der Waals surface area contributed by atoms with E-state index in [0.29, 0.717) is 0 Å². The lowest BCUT2D eigenvalue weighted by atomic mass is 10.0. The highest BCUT2D eigenvalue weighted by molar-refractivity contribution is 5.35. The topological polar surface area (TPSA) is 53.6 Å². The monoisotopic (exact) mass is 242 g/mol. The maximum Gasteiger partial charge on any atom is 0.141 e. The molecule has 0 saturated carbocycles. The quantitative estimate of drug-likeness (QED) is 0.859. The number of fused-ring (bicyclic) bond motifs is 1. The minimum absolute atomic E-state index is 0.201. The van der Waals surface area contributed by atoms with Crippen molar-refractivity contribution in [1.29, 1.82) is 0 Å². The van der Waals surface area contributed by atoms with Crippen LogP contribution in [0.2, 0.25) is 0 Å². The number of aryl methyl sites for hydroxylation is 2. The van der Waals surface area contributed by atoms with Crippen LogP contribution >= 0.6 is 0 Å². The van der Waals surface area contributed by atoms with Crippen molar-refractivity contribution < 1.29 is 0 Å². The summed E-state index contributed by atoms with van der Waals surface area (Å²) < 4.78 is 0. The van der Waals surface area contributed by atoms with Crippen molar-refractivity contribution in [3.05, 3.63) is 47.0 Å². The van der Waals surface area contributed by atoms with Gasteiger partial charge in [0.15, 0.2) is 0 Å². The maximum absolute atomic E-state index is 4.23. The molecule has 1 aliphatic rings. The van der Waals surface area contributed by atoms with Gasteiger partial charge in [-0.05, 0) is 49.4 Å². The highest BCUT2D eigenvalue weighted by Gasteiger charge is 2.15. The number of nitrogens with one attached hydrogen (secondary N) is 2. The Morgan fingerprint density at radius 2 is 2.22 bits per heavy atom. The van der Waals surface area contributed by atoms with Gasteiger partial charge in [0.25, 0.3) is 0 Å². The maximum atomic E-state index is 4.23. The predicted molar refractivity (Wildman–Crippen MR) is 70.4 cm³/mol. The third-order valence-electron chi connectivity index (χ3n) is 3.71. The summed E-state index contributed by atoms with van der Waals surface area (Å²) >= 11 is 0. The number of nitrogens with zero attached hydrogens (tertiary/aromatic N) is 2. The molecule has 1 aromatic carbocycles. The van der Waals surface area contributed by atoms with Crippen molar-refractivity contribution in [2.75, 3.05) is 7.05 Å². The van der Waals surface area contributed by atoms with Gasteiger partial charge in [-0.3, -0.25) is 5.10 Å². The Morgan fingerprint density at radius 3 is 3.00 bits per heavy atom. The molecule has 1 atom stereocenters. The molecule has 0 spiro atoms. The van der Waals surface area contributed by atoms with Crippen molar-refractivity contribution in [2.24, 2.45) is 0 Å². The molecule has 0 aliphatic heterocycles. The number of H-pyrrole nitrogens is 1. The van der Waals surface area contributed by atoms with Gasteiger partial charge in [0.2, 0.25) is 0 Å². The fourth-order valence-corrected chi connectivity index (χ4v) is 2.71. The number of benzene rings is 1. The lowest BCUT2D eigenvalue weighted by Gasteiger charge is -2.14. The highest BCUT2D eigenvalue weighted by Crippen LogP contribution is 2.24. The Hall–Kier alpha value is -1.68. The molecule has 4 nitrogen and oxygen atoms in total. The minimum Gasteiger partial charge on any atom is -0.310 e. The molecule has 3 rings (SSSR count). The molecule has 0 fully saturated rings. The lowest BCUT2D eigenvalue weighted by Crippen LogP contribution is -2.20. The van der Waals surface area contributed by atoms with Gasteiger partial charge < -0.3 is 5.32 Å². The zero-order valence-electron chi connectivity index (χ0n) is 10.6. The van der Waals surface area contributed by atoms with Gasteiger partial charge in [-0.15, -0.1) is 0 Å². The predicted octanol–water partition coefficient (Wildman–Crippen LogP) is 1.80. The van der Waals surface area contributed by atoms with Gasteiger partial charge in [0.1, 0.15) is 12.2 Å². The van der Waals surface area contributed by atoms with Crippen molar-refractivity contribution in [3.8, 4) is 0 Å². The van der Waals surface area contributed by atoms with Crippen LogP contribution in [0.15, 0.2) is 24.5 Å². The van der Waals surface area contributed by atoms with E-state index in [1.165, 1.54) is 36.0 Å². The number of likely N-dealkylation sites (N-methyl/N-ethyl adjacent to an activating group) is 1. The van der Waals surface area contributed by atoms with Gasteiger partial charge in [-0.2, -0.15) is 5.10 Å². The first kappa shape index (κ1) is 11.4. The van der Waals surface area contributed by atoms with E-state index in [0.717, 1.165) is 12.2 Å².